The van der Waals surface area contributed by atoms with Gasteiger partial charge in [0, 0.05) is 23.8 Å². The number of nitrogens with zero attached hydrogens (tertiary/aromatic N) is 4. The number of fused-ring (bicyclic) bond motifs is 1. The molecule has 5 N–H and O–H groups in total. The lowest BCUT2D eigenvalue weighted by Crippen LogP contribution is -2.31. The zero-order chi connectivity index (χ0) is 20.3. The molecule has 0 aliphatic heterocycles. The molecule has 2 atom stereocenters. The van der Waals surface area contributed by atoms with E-state index in [1.165, 1.54) is 0 Å². The Bertz CT molecular complexity index is 957. The van der Waals surface area contributed by atoms with E-state index in [9.17, 15) is 5.11 Å². The standard InChI is InChI=1S/C19H26ClN7O/c1-4-15(11(3)28)24-19-25-17(16-18(26-19)27(5-2)10-23-16)22-9-12-8-13(20)6-7-14(12)21/h6-8,10-11,15,28H,4-5,9,21H2,1-3H3,(H2,22,24,25,26). The third kappa shape index (κ3) is 4.28. The van der Waals surface area contributed by atoms with E-state index in [4.69, 9.17) is 17.3 Å². The molecule has 0 saturated heterocycles. The van der Waals surface area contributed by atoms with E-state index in [2.05, 4.69) is 25.6 Å². The third-order valence-electron chi connectivity index (χ3n) is 4.69. The van der Waals surface area contributed by atoms with Gasteiger partial charge < -0.3 is 26.0 Å². The number of benzene rings is 1. The maximum atomic E-state index is 9.95. The fourth-order valence-electron chi connectivity index (χ4n) is 3.00. The normalized spacial score (nSPS) is 13.5. The van der Waals surface area contributed by atoms with Gasteiger partial charge in [0.2, 0.25) is 5.95 Å². The van der Waals surface area contributed by atoms with Crippen LogP contribution in [0.1, 0.15) is 32.8 Å². The second kappa shape index (κ2) is 8.62. The van der Waals surface area contributed by atoms with E-state index < -0.39 is 6.10 Å². The molecule has 0 radical (unpaired) electrons. The van der Waals surface area contributed by atoms with Gasteiger partial charge in [-0.15, -0.1) is 0 Å². The Hall–Kier alpha value is -2.58. The summed E-state index contributed by atoms with van der Waals surface area (Å²) in [5, 5.41) is 17.1. The number of halogens is 1. The first-order valence-corrected chi connectivity index (χ1v) is 9.76. The van der Waals surface area contributed by atoms with Gasteiger partial charge in [-0.05, 0) is 44.0 Å². The van der Waals surface area contributed by atoms with Crippen molar-refractivity contribution in [3.05, 3.63) is 35.1 Å². The molecule has 2 unspecified atom stereocenters. The Balaban J connectivity index is 1.95. The number of aromatic nitrogens is 4. The van der Waals surface area contributed by atoms with Crippen LogP contribution in [0, 0.1) is 0 Å². The maximum absolute atomic E-state index is 9.95. The predicted octanol–water partition coefficient (Wildman–Crippen LogP) is 3.27. The molecular weight excluding hydrogens is 378 g/mol. The minimum atomic E-state index is -0.525. The molecule has 2 heterocycles. The third-order valence-corrected chi connectivity index (χ3v) is 4.93. The summed E-state index contributed by atoms with van der Waals surface area (Å²) in [7, 11) is 0. The monoisotopic (exact) mass is 403 g/mol. The topological polar surface area (TPSA) is 114 Å². The minimum Gasteiger partial charge on any atom is -0.398 e. The fourth-order valence-corrected chi connectivity index (χ4v) is 3.19. The quantitative estimate of drug-likeness (QED) is 0.427. The number of anilines is 3. The summed E-state index contributed by atoms with van der Waals surface area (Å²) in [5.41, 5.74) is 8.98. The van der Waals surface area contributed by atoms with Crippen LogP contribution in [-0.4, -0.2) is 36.8 Å². The Morgan fingerprint density at radius 1 is 1.29 bits per heavy atom. The van der Waals surface area contributed by atoms with Crippen LogP contribution in [0.4, 0.5) is 17.5 Å². The summed E-state index contributed by atoms with van der Waals surface area (Å²) in [6.45, 7) is 6.96. The lowest BCUT2D eigenvalue weighted by molar-refractivity contribution is 0.169. The number of nitrogens with one attached hydrogen (secondary N) is 2. The summed E-state index contributed by atoms with van der Waals surface area (Å²) >= 11 is 6.09. The number of nitrogen functional groups attached to an aromatic ring is 1. The zero-order valence-corrected chi connectivity index (χ0v) is 17.0. The first-order chi connectivity index (χ1) is 13.4. The van der Waals surface area contributed by atoms with E-state index in [0.29, 0.717) is 34.5 Å². The number of hydrogen-bond acceptors (Lipinski definition) is 7. The van der Waals surface area contributed by atoms with Gasteiger partial charge in [0.25, 0.3) is 0 Å². The van der Waals surface area contributed by atoms with Crippen LogP contribution < -0.4 is 16.4 Å². The molecule has 0 aliphatic carbocycles. The Labute approximate surface area is 169 Å². The van der Waals surface area contributed by atoms with E-state index in [-0.39, 0.29) is 6.04 Å². The molecule has 9 heteroatoms. The van der Waals surface area contributed by atoms with Crippen molar-refractivity contribution in [2.75, 3.05) is 16.4 Å². The Morgan fingerprint density at radius 2 is 2.07 bits per heavy atom. The van der Waals surface area contributed by atoms with Crippen LogP contribution in [-0.2, 0) is 13.1 Å². The van der Waals surface area contributed by atoms with E-state index in [0.717, 1.165) is 24.2 Å². The molecule has 0 spiro atoms. The zero-order valence-electron chi connectivity index (χ0n) is 16.3. The molecule has 3 rings (SSSR count). The molecule has 0 aliphatic rings. The first kappa shape index (κ1) is 20.2. The SMILES string of the molecule is CCC(Nc1nc(NCc2cc(Cl)ccc2N)c2ncn(CC)c2n1)C(C)O. The smallest absolute Gasteiger partial charge is 0.227 e. The van der Waals surface area contributed by atoms with Gasteiger partial charge in [0.1, 0.15) is 0 Å². The summed E-state index contributed by atoms with van der Waals surface area (Å²) in [6, 6.07) is 5.22. The van der Waals surface area contributed by atoms with Gasteiger partial charge in [-0.2, -0.15) is 9.97 Å². The van der Waals surface area contributed by atoms with Crippen molar-refractivity contribution in [1.29, 1.82) is 0 Å². The van der Waals surface area contributed by atoms with Crippen LogP contribution in [0.25, 0.3) is 11.2 Å². The van der Waals surface area contributed by atoms with Gasteiger partial charge in [0.05, 0.1) is 18.5 Å². The lowest BCUT2D eigenvalue weighted by Gasteiger charge is -2.20. The number of aryl methyl sites for hydroxylation is 1. The number of aliphatic hydroxyl groups is 1. The second-order valence-corrected chi connectivity index (χ2v) is 7.13. The van der Waals surface area contributed by atoms with Gasteiger partial charge in [0.15, 0.2) is 17.0 Å². The molecule has 0 fully saturated rings. The molecule has 28 heavy (non-hydrogen) atoms. The van der Waals surface area contributed by atoms with Crippen LogP contribution >= 0.6 is 11.6 Å². The maximum Gasteiger partial charge on any atom is 0.227 e. The average molecular weight is 404 g/mol. The van der Waals surface area contributed by atoms with Gasteiger partial charge >= 0.3 is 0 Å². The highest BCUT2D eigenvalue weighted by Gasteiger charge is 2.17. The highest BCUT2D eigenvalue weighted by Crippen LogP contribution is 2.24. The molecule has 0 saturated carbocycles. The molecule has 150 valence electrons. The number of hydrogen-bond donors (Lipinski definition) is 4. The molecule has 0 bridgehead atoms. The summed E-state index contributed by atoms with van der Waals surface area (Å²) in [5.74, 6) is 1.04. The van der Waals surface area contributed by atoms with Gasteiger partial charge in [-0.1, -0.05) is 18.5 Å². The van der Waals surface area contributed by atoms with Crippen LogP contribution in [0.2, 0.25) is 5.02 Å². The predicted molar refractivity (Wildman–Crippen MR) is 114 cm³/mol. The molecule has 8 nitrogen and oxygen atoms in total. The van der Waals surface area contributed by atoms with Gasteiger partial charge in [-0.25, -0.2) is 4.98 Å². The van der Waals surface area contributed by atoms with Gasteiger partial charge in [-0.3, -0.25) is 0 Å². The van der Waals surface area contributed by atoms with Crippen molar-refractivity contribution in [3.63, 3.8) is 0 Å². The number of aliphatic hydroxyl groups excluding tert-OH is 1. The minimum absolute atomic E-state index is 0.146. The number of rotatable bonds is 8. The highest BCUT2D eigenvalue weighted by molar-refractivity contribution is 6.30. The highest BCUT2D eigenvalue weighted by atomic mass is 35.5. The number of nitrogens with two attached hydrogens (primary N) is 1. The summed E-state index contributed by atoms with van der Waals surface area (Å²) < 4.78 is 1.95. The van der Waals surface area contributed by atoms with Crippen molar-refractivity contribution < 1.29 is 5.11 Å². The number of imidazole rings is 1. The van der Waals surface area contributed by atoms with Crippen molar-refractivity contribution in [2.45, 2.75) is 52.4 Å². The molecule has 1 aromatic carbocycles. The van der Waals surface area contributed by atoms with E-state index >= 15 is 0 Å². The largest absolute Gasteiger partial charge is 0.398 e. The molecule has 0 amide bonds. The van der Waals surface area contributed by atoms with Crippen molar-refractivity contribution in [3.8, 4) is 0 Å². The van der Waals surface area contributed by atoms with Crippen molar-refractivity contribution in [1.82, 2.24) is 19.5 Å². The lowest BCUT2D eigenvalue weighted by atomic mass is 10.1. The van der Waals surface area contributed by atoms with E-state index in [1.807, 2.05) is 24.5 Å². The summed E-state index contributed by atoms with van der Waals surface area (Å²) in [6.07, 6.45) is 1.96. The van der Waals surface area contributed by atoms with Crippen molar-refractivity contribution in [2.24, 2.45) is 0 Å². The van der Waals surface area contributed by atoms with Crippen LogP contribution in [0.5, 0.6) is 0 Å². The molecule has 2 aromatic heterocycles. The fraction of sp³-hybridized carbons (Fsp3) is 0.421. The molecule has 3 aromatic rings. The average Bonchev–Trinajstić information content (AvgIpc) is 3.09. The van der Waals surface area contributed by atoms with Crippen LogP contribution in [0.15, 0.2) is 24.5 Å². The van der Waals surface area contributed by atoms with Crippen molar-refractivity contribution >= 4 is 40.2 Å². The second-order valence-electron chi connectivity index (χ2n) is 6.69. The molecular formula is C19H26ClN7O. The van der Waals surface area contributed by atoms with E-state index in [1.54, 1.807) is 25.4 Å². The first-order valence-electron chi connectivity index (χ1n) is 9.38. The summed E-state index contributed by atoms with van der Waals surface area (Å²) in [4.78, 5) is 13.7. The Morgan fingerprint density at radius 3 is 2.75 bits per heavy atom. The Kier molecular flexibility index (Phi) is 6.21. The van der Waals surface area contributed by atoms with Crippen LogP contribution in [0.3, 0.4) is 0 Å².